The third-order valence-electron chi connectivity index (χ3n) is 4.64. The lowest BCUT2D eigenvalue weighted by Gasteiger charge is -2.18. The standard InChI is InChI=1S/C25H21NO5/c1-2-29-21-15-9-7-13-19(21)26-24(27)23(17-10-4-3-5-11-17)31-25(28)22-16-18-12-6-8-14-20(18)30-22/h3-16,23H,2H2,1H3,(H,26,27). The molecule has 4 aromatic rings. The van der Waals surface area contributed by atoms with Crippen LogP contribution in [0.4, 0.5) is 5.69 Å². The van der Waals surface area contributed by atoms with Crippen molar-refractivity contribution in [3.05, 3.63) is 96.3 Å². The fourth-order valence-electron chi connectivity index (χ4n) is 3.20. The van der Waals surface area contributed by atoms with Gasteiger partial charge in [-0.1, -0.05) is 60.7 Å². The molecule has 0 saturated carbocycles. The Labute approximate surface area is 179 Å². The molecule has 1 atom stereocenters. The molecule has 1 heterocycles. The van der Waals surface area contributed by atoms with Crippen molar-refractivity contribution in [2.24, 2.45) is 0 Å². The summed E-state index contributed by atoms with van der Waals surface area (Å²) in [6.07, 6.45) is -1.17. The zero-order valence-corrected chi connectivity index (χ0v) is 16.9. The minimum absolute atomic E-state index is 0.0321. The van der Waals surface area contributed by atoms with E-state index in [9.17, 15) is 9.59 Å². The van der Waals surface area contributed by atoms with Gasteiger partial charge in [-0.05, 0) is 31.2 Å². The number of nitrogens with one attached hydrogen (secondary N) is 1. The first-order chi connectivity index (χ1) is 15.2. The van der Waals surface area contributed by atoms with Crippen molar-refractivity contribution in [2.45, 2.75) is 13.0 Å². The zero-order valence-electron chi connectivity index (χ0n) is 16.9. The van der Waals surface area contributed by atoms with Crippen molar-refractivity contribution >= 4 is 28.5 Å². The molecule has 0 bridgehead atoms. The third kappa shape index (κ3) is 4.59. The molecule has 0 saturated heterocycles. The fraction of sp³-hybridized carbons (Fsp3) is 0.120. The highest BCUT2D eigenvalue weighted by Crippen LogP contribution is 2.28. The van der Waals surface area contributed by atoms with Crippen molar-refractivity contribution in [2.75, 3.05) is 11.9 Å². The molecule has 1 N–H and O–H groups in total. The Bertz CT molecular complexity index is 1170. The maximum Gasteiger partial charge on any atom is 0.375 e. The molecule has 1 unspecified atom stereocenters. The van der Waals surface area contributed by atoms with Crippen LogP contribution < -0.4 is 10.1 Å². The predicted octanol–water partition coefficient (Wildman–Crippen LogP) is 5.37. The lowest BCUT2D eigenvalue weighted by molar-refractivity contribution is -0.125. The number of anilines is 1. The van der Waals surface area contributed by atoms with Crippen LogP contribution in [0.25, 0.3) is 11.0 Å². The van der Waals surface area contributed by atoms with Crippen molar-refractivity contribution in [1.82, 2.24) is 0 Å². The Hall–Kier alpha value is -4.06. The molecule has 1 aromatic heterocycles. The highest BCUT2D eigenvalue weighted by atomic mass is 16.6. The monoisotopic (exact) mass is 415 g/mol. The van der Waals surface area contributed by atoms with Gasteiger partial charge in [-0.15, -0.1) is 0 Å². The average molecular weight is 415 g/mol. The number of hydrogen-bond donors (Lipinski definition) is 1. The summed E-state index contributed by atoms with van der Waals surface area (Å²) in [7, 11) is 0. The fourth-order valence-corrected chi connectivity index (χ4v) is 3.20. The van der Waals surface area contributed by atoms with Gasteiger partial charge >= 0.3 is 5.97 Å². The first kappa shape index (κ1) is 20.2. The molecule has 6 nitrogen and oxygen atoms in total. The van der Waals surface area contributed by atoms with Crippen LogP contribution in [0.3, 0.4) is 0 Å². The van der Waals surface area contributed by atoms with Crippen molar-refractivity contribution < 1.29 is 23.5 Å². The van der Waals surface area contributed by atoms with E-state index in [0.717, 1.165) is 5.39 Å². The number of ether oxygens (including phenoxy) is 2. The van der Waals surface area contributed by atoms with Gasteiger partial charge in [-0.3, -0.25) is 4.79 Å². The Morgan fingerprint density at radius 2 is 1.65 bits per heavy atom. The van der Waals surface area contributed by atoms with E-state index in [4.69, 9.17) is 13.9 Å². The molecule has 6 heteroatoms. The number of carbonyl (C=O) groups is 2. The summed E-state index contributed by atoms with van der Waals surface area (Å²) in [6.45, 7) is 2.32. The summed E-state index contributed by atoms with van der Waals surface area (Å²) in [4.78, 5) is 25.9. The van der Waals surface area contributed by atoms with Crippen molar-refractivity contribution in [3.8, 4) is 5.75 Å². The Balaban J connectivity index is 1.60. The Kier molecular flexibility index (Phi) is 5.98. The lowest BCUT2D eigenvalue weighted by Crippen LogP contribution is -2.26. The molecule has 0 aliphatic carbocycles. The predicted molar refractivity (Wildman–Crippen MR) is 117 cm³/mol. The number of amides is 1. The summed E-state index contributed by atoms with van der Waals surface area (Å²) in [5.41, 5.74) is 1.61. The molecule has 0 fully saturated rings. The van der Waals surface area contributed by atoms with Gasteiger partial charge < -0.3 is 19.2 Å². The van der Waals surface area contributed by atoms with Crippen molar-refractivity contribution in [1.29, 1.82) is 0 Å². The van der Waals surface area contributed by atoms with Gasteiger partial charge in [0.2, 0.25) is 11.9 Å². The molecule has 156 valence electrons. The summed E-state index contributed by atoms with van der Waals surface area (Å²) >= 11 is 0. The van der Waals surface area contributed by atoms with Crippen LogP contribution in [0, 0.1) is 0 Å². The number of furan rings is 1. The van der Waals surface area contributed by atoms with Gasteiger partial charge in [0.05, 0.1) is 12.3 Å². The molecule has 31 heavy (non-hydrogen) atoms. The second-order valence-electron chi connectivity index (χ2n) is 6.76. The first-order valence-electron chi connectivity index (χ1n) is 9.93. The molecular formula is C25H21NO5. The number of carbonyl (C=O) groups excluding carboxylic acids is 2. The van der Waals surface area contributed by atoms with Gasteiger partial charge in [0.15, 0.2) is 0 Å². The van der Waals surface area contributed by atoms with Gasteiger partial charge in [0.25, 0.3) is 5.91 Å². The van der Waals surface area contributed by atoms with Crippen LogP contribution in [-0.4, -0.2) is 18.5 Å². The smallest absolute Gasteiger partial charge is 0.375 e. The van der Waals surface area contributed by atoms with E-state index < -0.39 is 18.0 Å². The highest BCUT2D eigenvalue weighted by molar-refractivity contribution is 5.99. The van der Waals surface area contributed by atoms with Crippen LogP contribution in [0.5, 0.6) is 5.75 Å². The van der Waals surface area contributed by atoms with E-state index in [1.54, 1.807) is 54.6 Å². The SMILES string of the molecule is CCOc1ccccc1NC(=O)C(OC(=O)c1cc2ccccc2o1)c1ccccc1. The Morgan fingerprint density at radius 3 is 2.42 bits per heavy atom. The van der Waals surface area contributed by atoms with Crippen LogP contribution in [-0.2, 0) is 9.53 Å². The zero-order chi connectivity index (χ0) is 21.6. The van der Waals surface area contributed by atoms with Crippen molar-refractivity contribution in [3.63, 3.8) is 0 Å². The minimum atomic E-state index is -1.17. The first-order valence-corrected chi connectivity index (χ1v) is 9.93. The normalized spacial score (nSPS) is 11.6. The number of benzene rings is 3. The van der Waals surface area contributed by atoms with E-state index in [1.165, 1.54) is 0 Å². The summed E-state index contributed by atoms with van der Waals surface area (Å²) in [5.74, 6) is -0.653. The third-order valence-corrected chi connectivity index (χ3v) is 4.64. The van der Waals surface area contributed by atoms with Gasteiger partial charge in [0, 0.05) is 10.9 Å². The average Bonchev–Trinajstić information content (AvgIpc) is 3.24. The summed E-state index contributed by atoms with van der Waals surface area (Å²) < 4.78 is 16.8. The van der Waals surface area contributed by atoms with Crippen LogP contribution >= 0.6 is 0 Å². The second-order valence-corrected chi connectivity index (χ2v) is 6.76. The molecule has 1 amide bonds. The largest absolute Gasteiger partial charge is 0.492 e. The van der Waals surface area contributed by atoms with E-state index in [-0.39, 0.29) is 5.76 Å². The van der Waals surface area contributed by atoms with E-state index in [2.05, 4.69) is 5.32 Å². The van der Waals surface area contributed by atoms with Gasteiger partial charge in [0.1, 0.15) is 11.3 Å². The van der Waals surface area contributed by atoms with E-state index in [0.29, 0.717) is 29.2 Å². The Morgan fingerprint density at radius 1 is 0.935 bits per heavy atom. The van der Waals surface area contributed by atoms with Crippen LogP contribution in [0.15, 0.2) is 89.3 Å². The minimum Gasteiger partial charge on any atom is -0.492 e. The van der Waals surface area contributed by atoms with Gasteiger partial charge in [-0.2, -0.15) is 0 Å². The maximum atomic E-state index is 13.1. The summed E-state index contributed by atoms with van der Waals surface area (Å²) in [6, 6.07) is 24.8. The second kappa shape index (κ2) is 9.17. The molecule has 0 aliphatic heterocycles. The number of hydrogen-bond acceptors (Lipinski definition) is 5. The maximum absolute atomic E-state index is 13.1. The molecule has 0 spiro atoms. The number of para-hydroxylation sites is 3. The number of esters is 1. The number of rotatable bonds is 7. The molecule has 3 aromatic carbocycles. The highest BCUT2D eigenvalue weighted by Gasteiger charge is 2.28. The topological polar surface area (TPSA) is 77.8 Å². The lowest BCUT2D eigenvalue weighted by atomic mass is 10.1. The number of fused-ring (bicyclic) bond motifs is 1. The van der Waals surface area contributed by atoms with Crippen LogP contribution in [0.1, 0.15) is 29.1 Å². The molecule has 4 rings (SSSR count). The quantitative estimate of drug-likeness (QED) is 0.411. The van der Waals surface area contributed by atoms with Crippen LogP contribution in [0.2, 0.25) is 0 Å². The van der Waals surface area contributed by atoms with E-state index in [1.807, 2.05) is 37.3 Å². The van der Waals surface area contributed by atoms with E-state index >= 15 is 0 Å². The summed E-state index contributed by atoms with van der Waals surface area (Å²) in [5, 5.41) is 3.58. The molecule has 0 radical (unpaired) electrons. The molecule has 0 aliphatic rings. The molecular weight excluding hydrogens is 394 g/mol. The van der Waals surface area contributed by atoms with Gasteiger partial charge in [-0.25, -0.2) is 4.79 Å².